The van der Waals surface area contributed by atoms with Gasteiger partial charge in [0.2, 0.25) is 5.88 Å². The maximum atomic E-state index is 13.5. The van der Waals surface area contributed by atoms with E-state index in [1.165, 1.54) is 12.0 Å². The number of hydroxylamine groups is 3. The number of carbonyl (C=O) groups excluding carboxylic acids is 1. The van der Waals surface area contributed by atoms with E-state index in [-0.39, 0.29) is 13.1 Å². The summed E-state index contributed by atoms with van der Waals surface area (Å²) in [5, 5.41) is 13.5. The van der Waals surface area contributed by atoms with Crippen LogP contribution in [0, 0.1) is 12.1 Å². The summed E-state index contributed by atoms with van der Waals surface area (Å²) in [6.07, 6.45) is 0.772. The van der Waals surface area contributed by atoms with Crippen LogP contribution in [-0.4, -0.2) is 70.2 Å². The van der Waals surface area contributed by atoms with Gasteiger partial charge in [0.15, 0.2) is 0 Å². The van der Waals surface area contributed by atoms with Crippen LogP contribution >= 0.6 is 0 Å². The number of pyridine rings is 1. The Morgan fingerprint density at radius 1 is 1.09 bits per heavy atom. The molecule has 2 amide bonds. The molecule has 9 nitrogen and oxygen atoms in total. The molecule has 0 saturated carbocycles. The van der Waals surface area contributed by atoms with Crippen LogP contribution in [-0.2, 0) is 6.42 Å². The molecule has 1 aromatic carbocycles. The van der Waals surface area contributed by atoms with Crippen LogP contribution in [0.2, 0.25) is 0 Å². The second kappa shape index (κ2) is 9.62. The van der Waals surface area contributed by atoms with Crippen molar-refractivity contribution in [2.45, 2.75) is 20.3 Å². The summed E-state index contributed by atoms with van der Waals surface area (Å²) in [6, 6.07) is 6.95. The molecule has 1 aromatic heterocycles. The predicted molar refractivity (Wildman–Crippen MR) is 124 cm³/mol. The van der Waals surface area contributed by atoms with E-state index in [2.05, 4.69) is 9.88 Å². The van der Waals surface area contributed by atoms with E-state index in [1.807, 2.05) is 32.0 Å². The highest BCUT2D eigenvalue weighted by Crippen LogP contribution is 2.32. The number of quaternary nitrogens is 1. The molecule has 0 aliphatic carbocycles. The fourth-order valence-electron chi connectivity index (χ4n) is 3.95. The van der Waals surface area contributed by atoms with Crippen molar-refractivity contribution < 1.29 is 23.7 Å². The second-order valence-corrected chi connectivity index (χ2v) is 7.85. The first-order chi connectivity index (χ1) is 15.3. The van der Waals surface area contributed by atoms with Crippen molar-refractivity contribution >= 4 is 17.4 Å². The Morgan fingerprint density at radius 2 is 1.69 bits per heavy atom. The fraction of sp³-hybridized carbons (Fsp3) is 0.478. The summed E-state index contributed by atoms with van der Waals surface area (Å²) in [7, 11) is 6.31. The molecule has 0 atom stereocenters. The molecule has 3 rings (SSSR count). The Hall–Kier alpha value is -3.04. The van der Waals surface area contributed by atoms with Gasteiger partial charge in [-0.1, -0.05) is 6.92 Å². The number of methoxy groups -OCH3 is 3. The lowest BCUT2D eigenvalue weighted by atomic mass is 10.1. The van der Waals surface area contributed by atoms with Crippen molar-refractivity contribution in [3.05, 3.63) is 40.7 Å². The molecule has 0 bridgehead atoms. The van der Waals surface area contributed by atoms with Crippen molar-refractivity contribution in [3.63, 3.8) is 0 Å². The minimum Gasteiger partial charge on any atom is -0.624 e. The molecule has 2 heterocycles. The zero-order valence-corrected chi connectivity index (χ0v) is 19.7. The van der Waals surface area contributed by atoms with Crippen LogP contribution < -0.4 is 24.0 Å². The number of nitrogens with zero attached hydrogens (tertiary/aromatic N) is 4. The van der Waals surface area contributed by atoms with Crippen LogP contribution in [0.4, 0.5) is 16.2 Å². The first kappa shape index (κ1) is 23.6. The molecular formula is C23H32N4O5. The Bertz CT molecular complexity index is 951. The highest BCUT2D eigenvalue weighted by molar-refractivity contribution is 5.88. The number of hydrogen-bond donors (Lipinski definition) is 0. The van der Waals surface area contributed by atoms with Crippen LogP contribution in [0.5, 0.6) is 17.4 Å². The quantitative estimate of drug-likeness (QED) is 0.499. The van der Waals surface area contributed by atoms with E-state index < -0.39 is 10.7 Å². The maximum absolute atomic E-state index is 13.5. The Morgan fingerprint density at radius 3 is 2.19 bits per heavy atom. The van der Waals surface area contributed by atoms with Crippen molar-refractivity contribution in [2.75, 3.05) is 64.4 Å². The van der Waals surface area contributed by atoms with Gasteiger partial charge >= 0.3 is 6.03 Å². The topological polar surface area (TPSA) is 87.2 Å². The number of carbonyl (C=O) groups is 1. The molecule has 0 unspecified atom stereocenters. The van der Waals surface area contributed by atoms with E-state index in [4.69, 9.17) is 14.2 Å². The lowest BCUT2D eigenvalue weighted by Crippen LogP contribution is -2.62. The second-order valence-electron chi connectivity index (χ2n) is 7.85. The van der Waals surface area contributed by atoms with Crippen molar-refractivity contribution in [1.82, 2.24) is 4.98 Å². The Balaban J connectivity index is 1.79. The molecule has 1 aliphatic rings. The molecule has 0 N–H and O–H groups in total. The van der Waals surface area contributed by atoms with Gasteiger partial charge in [0.1, 0.15) is 30.3 Å². The summed E-state index contributed by atoms with van der Waals surface area (Å²) in [5.74, 6) is 1.69. The smallest absolute Gasteiger partial charge is 0.423 e. The van der Waals surface area contributed by atoms with Gasteiger partial charge in [-0.15, -0.1) is 0 Å². The van der Waals surface area contributed by atoms with Crippen molar-refractivity contribution in [2.24, 2.45) is 0 Å². The van der Waals surface area contributed by atoms with E-state index in [0.717, 1.165) is 23.4 Å². The summed E-state index contributed by atoms with van der Waals surface area (Å²) in [6.45, 7) is 5.06. The minimum absolute atomic E-state index is 0.130. The summed E-state index contributed by atoms with van der Waals surface area (Å²) >= 11 is 0. The molecule has 1 fully saturated rings. The number of amides is 2. The monoisotopic (exact) mass is 444 g/mol. The third kappa shape index (κ3) is 4.58. The fourth-order valence-corrected chi connectivity index (χ4v) is 3.95. The Labute approximate surface area is 189 Å². The van der Waals surface area contributed by atoms with Gasteiger partial charge < -0.3 is 24.3 Å². The average Bonchev–Trinajstić information content (AvgIpc) is 2.82. The lowest BCUT2D eigenvalue weighted by molar-refractivity contribution is -0.798. The number of aromatic nitrogens is 1. The van der Waals surface area contributed by atoms with E-state index in [9.17, 15) is 10.0 Å². The standard InChI is InChI=1S/C23H32N4O5/c1-7-17-12-21(22(32-6)24-16(17)2)25(3)23(28)27(29)10-8-26(9-11-27)18-13-19(30-4)15-20(14-18)31-5/h12-15H,7-11H2,1-6H3. The molecule has 32 heavy (non-hydrogen) atoms. The zero-order valence-electron chi connectivity index (χ0n) is 19.7. The van der Waals surface area contributed by atoms with Crippen LogP contribution in [0.25, 0.3) is 0 Å². The number of urea groups is 1. The molecule has 0 radical (unpaired) electrons. The maximum Gasteiger partial charge on any atom is 0.423 e. The normalized spacial score (nSPS) is 15.3. The van der Waals surface area contributed by atoms with Gasteiger partial charge in [0.25, 0.3) is 0 Å². The van der Waals surface area contributed by atoms with E-state index in [1.54, 1.807) is 27.3 Å². The number of piperazine rings is 1. The summed E-state index contributed by atoms with van der Waals surface area (Å²) in [5.41, 5.74) is 3.26. The number of rotatable bonds is 6. The Kier molecular flexibility index (Phi) is 7.10. The number of aryl methyl sites for hydroxylation is 2. The van der Waals surface area contributed by atoms with Crippen LogP contribution in [0.15, 0.2) is 24.3 Å². The molecule has 2 aromatic rings. The van der Waals surface area contributed by atoms with Gasteiger partial charge in [-0.05, 0) is 25.0 Å². The molecule has 1 saturated heterocycles. The van der Waals surface area contributed by atoms with Crippen LogP contribution in [0.1, 0.15) is 18.2 Å². The van der Waals surface area contributed by atoms with Crippen molar-refractivity contribution in [1.29, 1.82) is 0 Å². The lowest BCUT2D eigenvalue weighted by Gasteiger charge is -2.47. The zero-order chi connectivity index (χ0) is 23.5. The molecular weight excluding hydrogens is 412 g/mol. The number of benzene rings is 1. The van der Waals surface area contributed by atoms with E-state index >= 15 is 0 Å². The third-order valence-corrected chi connectivity index (χ3v) is 6.00. The average molecular weight is 445 g/mol. The van der Waals surface area contributed by atoms with Gasteiger partial charge in [0.05, 0.1) is 34.4 Å². The molecule has 9 heteroatoms. The van der Waals surface area contributed by atoms with E-state index in [0.29, 0.717) is 36.2 Å². The predicted octanol–water partition coefficient (Wildman–Crippen LogP) is 3.37. The first-order valence-corrected chi connectivity index (χ1v) is 10.6. The minimum atomic E-state index is -0.938. The van der Waals surface area contributed by atoms with Gasteiger partial charge in [-0.2, -0.15) is 0 Å². The SMILES string of the molecule is CCc1cc(N(C)C(=O)[N+]2([O-])CCN(c3cc(OC)cc(OC)c3)CC2)c(OC)nc1C. The number of ether oxygens (including phenoxy) is 3. The first-order valence-electron chi connectivity index (χ1n) is 10.6. The van der Waals surface area contributed by atoms with Crippen LogP contribution in [0.3, 0.4) is 0 Å². The third-order valence-electron chi connectivity index (χ3n) is 6.00. The molecule has 1 aliphatic heterocycles. The summed E-state index contributed by atoms with van der Waals surface area (Å²) < 4.78 is 15.1. The van der Waals surface area contributed by atoms with Gasteiger partial charge in [-0.25, -0.2) is 9.78 Å². The molecule has 0 spiro atoms. The van der Waals surface area contributed by atoms with Gasteiger partial charge in [-0.3, -0.25) is 9.55 Å². The largest absolute Gasteiger partial charge is 0.624 e. The number of hydrogen-bond acceptors (Lipinski definition) is 7. The highest BCUT2D eigenvalue weighted by atomic mass is 16.6. The van der Waals surface area contributed by atoms with Crippen molar-refractivity contribution in [3.8, 4) is 17.4 Å². The summed E-state index contributed by atoms with van der Waals surface area (Å²) in [4.78, 5) is 21.2. The highest BCUT2D eigenvalue weighted by Gasteiger charge is 2.37. The number of anilines is 2. The molecule has 174 valence electrons. The van der Waals surface area contributed by atoms with Gasteiger partial charge in [0, 0.05) is 36.6 Å².